The second kappa shape index (κ2) is 6.09. The zero-order valence-corrected chi connectivity index (χ0v) is 9.63. The summed E-state index contributed by atoms with van der Waals surface area (Å²) in [6.45, 7) is 1.36. The first kappa shape index (κ1) is 14.1. The van der Waals surface area contributed by atoms with Crippen LogP contribution in [0.2, 0.25) is 0 Å². The van der Waals surface area contributed by atoms with Crippen molar-refractivity contribution in [3.8, 4) is 0 Å². The van der Waals surface area contributed by atoms with Crippen LogP contribution in [0.1, 0.15) is 19.8 Å². The summed E-state index contributed by atoms with van der Waals surface area (Å²) in [5.41, 5.74) is 0. The molecule has 7 heteroatoms. The van der Waals surface area contributed by atoms with E-state index in [0.717, 1.165) is 12.8 Å². The van der Waals surface area contributed by atoms with Crippen molar-refractivity contribution in [3.05, 3.63) is 0 Å². The van der Waals surface area contributed by atoms with E-state index in [1.54, 1.807) is 6.92 Å². The molecular formula is C10H16F3NO3. The highest BCUT2D eigenvalue weighted by molar-refractivity contribution is 5.67. The van der Waals surface area contributed by atoms with Crippen LogP contribution >= 0.6 is 0 Å². The fourth-order valence-electron chi connectivity index (χ4n) is 1.60. The van der Waals surface area contributed by atoms with Crippen LogP contribution in [-0.4, -0.2) is 49.6 Å². The molecular weight excluding hydrogens is 239 g/mol. The maximum Gasteiger partial charge on any atom is 0.422 e. The number of alkyl halides is 3. The minimum absolute atomic E-state index is 0.0895. The summed E-state index contributed by atoms with van der Waals surface area (Å²) in [4.78, 5) is 12.6. The quantitative estimate of drug-likeness (QED) is 0.773. The average Bonchev–Trinajstić information content (AvgIpc) is 2.74. The third-order valence-electron chi connectivity index (χ3n) is 2.45. The van der Waals surface area contributed by atoms with Gasteiger partial charge in [-0.15, -0.1) is 0 Å². The van der Waals surface area contributed by atoms with E-state index in [9.17, 15) is 18.0 Å². The van der Waals surface area contributed by atoms with Crippen LogP contribution in [0, 0.1) is 0 Å². The van der Waals surface area contributed by atoms with E-state index < -0.39 is 18.9 Å². The Morgan fingerprint density at radius 1 is 1.53 bits per heavy atom. The van der Waals surface area contributed by atoms with E-state index in [1.165, 1.54) is 4.90 Å². The number of carbonyl (C=O) groups excluding carboxylic acids is 1. The average molecular weight is 255 g/mol. The van der Waals surface area contributed by atoms with Gasteiger partial charge in [-0.1, -0.05) is 0 Å². The summed E-state index contributed by atoms with van der Waals surface area (Å²) < 4.78 is 45.1. The van der Waals surface area contributed by atoms with Gasteiger partial charge in [0.05, 0.1) is 12.6 Å². The summed E-state index contributed by atoms with van der Waals surface area (Å²) in [6.07, 6.45) is -3.78. The normalized spacial score (nSPS) is 20.4. The van der Waals surface area contributed by atoms with Crippen LogP contribution in [0.5, 0.6) is 0 Å². The van der Waals surface area contributed by atoms with Gasteiger partial charge in [0.15, 0.2) is 6.61 Å². The molecule has 1 saturated heterocycles. The van der Waals surface area contributed by atoms with Crippen LogP contribution in [0.25, 0.3) is 0 Å². The Hall–Kier alpha value is -0.980. The SMILES string of the molecule is CCN(CC1CCCO1)C(=O)OCC(F)(F)F. The van der Waals surface area contributed by atoms with Gasteiger partial charge in [0, 0.05) is 13.2 Å². The summed E-state index contributed by atoms with van der Waals surface area (Å²) in [7, 11) is 0. The molecule has 0 aromatic rings. The summed E-state index contributed by atoms with van der Waals surface area (Å²) >= 11 is 0. The molecule has 1 atom stereocenters. The van der Waals surface area contributed by atoms with E-state index in [1.807, 2.05) is 0 Å². The minimum Gasteiger partial charge on any atom is -0.440 e. The molecule has 1 amide bonds. The number of likely N-dealkylation sites (N-methyl/N-ethyl adjacent to an activating group) is 1. The predicted molar refractivity (Wildman–Crippen MR) is 53.6 cm³/mol. The first-order valence-corrected chi connectivity index (χ1v) is 5.52. The highest BCUT2D eigenvalue weighted by Gasteiger charge is 2.31. The predicted octanol–water partition coefficient (Wildman–Crippen LogP) is 2.19. The smallest absolute Gasteiger partial charge is 0.422 e. The third kappa shape index (κ3) is 5.25. The molecule has 1 rings (SSSR count). The fourth-order valence-corrected chi connectivity index (χ4v) is 1.60. The monoisotopic (exact) mass is 255 g/mol. The van der Waals surface area contributed by atoms with E-state index in [-0.39, 0.29) is 12.6 Å². The van der Waals surface area contributed by atoms with Crippen molar-refractivity contribution in [3.63, 3.8) is 0 Å². The Morgan fingerprint density at radius 2 is 2.24 bits per heavy atom. The van der Waals surface area contributed by atoms with E-state index in [0.29, 0.717) is 13.2 Å². The summed E-state index contributed by atoms with van der Waals surface area (Å²) in [5.74, 6) is 0. The molecule has 0 bridgehead atoms. The van der Waals surface area contributed by atoms with Gasteiger partial charge in [0.25, 0.3) is 0 Å². The first-order chi connectivity index (χ1) is 7.92. The molecule has 100 valence electrons. The Labute approximate surface area is 97.7 Å². The fraction of sp³-hybridized carbons (Fsp3) is 0.900. The van der Waals surface area contributed by atoms with Gasteiger partial charge in [-0.05, 0) is 19.8 Å². The number of halogens is 3. The topological polar surface area (TPSA) is 38.8 Å². The number of hydrogen-bond donors (Lipinski definition) is 0. The number of hydrogen-bond acceptors (Lipinski definition) is 3. The van der Waals surface area contributed by atoms with Crippen molar-refractivity contribution in [2.75, 3.05) is 26.3 Å². The largest absolute Gasteiger partial charge is 0.440 e. The Kier molecular flexibility index (Phi) is 5.04. The van der Waals surface area contributed by atoms with Gasteiger partial charge in [0.2, 0.25) is 0 Å². The number of amides is 1. The molecule has 1 aliphatic rings. The second-order valence-corrected chi connectivity index (χ2v) is 3.84. The highest BCUT2D eigenvalue weighted by atomic mass is 19.4. The van der Waals surface area contributed by atoms with E-state index in [4.69, 9.17) is 4.74 Å². The van der Waals surface area contributed by atoms with Gasteiger partial charge < -0.3 is 14.4 Å². The second-order valence-electron chi connectivity index (χ2n) is 3.84. The number of nitrogens with zero attached hydrogens (tertiary/aromatic N) is 1. The van der Waals surface area contributed by atoms with Gasteiger partial charge in [0.1, 0.15) is 0 Å². The van der Waals surface area contributed by atoms with Crippen LogP contribution in [0.4, 0.5) is 18.0 Å². The van der Waals surface area contributed by atoms with Crippen molar-refractivity contribution in [2.45, 2.75) is 32.0 Å². The van der Waals surface area contributed by atoms with Gasteiger partial charge in [-0.2, -0.15) is 13.2 Å². The Bertz CT molecular complexity index is 252. The molecule has 0 aromatic heterocycles. The molecule has 0 aliphatic carbocycles. The molecule has 1 unspecified atom stereocenters. The molecule has 1 aliphatic heterocycles. The maximum absolute atomic E-state index is 11.9. The van der Waals surface area contributed by atoms with Gasteiger partial charge in [-0.3, -0.25) is 0 Å². The molecule has 17 heavy (non-hydrogen) atoms. The van der Waals surface area contributed by atoms with Crippen LogP contribution in [0.3, 0.4) is 0 Å². The Morgan fingerprint density at radius 3 is 2.71 bits per heavy atom. The van der Waals surface area contributed by atoms with E-state index in [2.05, 4.69) is 4.74 Å². The molecule has 0 spiro atoms. The molecule has 4 nitrogen and oxygen atoms in total. The van der Waals surface area contributed by atoms with Crippen molar-refractivity contribution >= 4 is 6.09 Å². The van der Waals surface area contributed by atoms with Crippen molar-refractivity contribution in [1.82, 2.24) is 4.90 Å². The van der Waals surface area contributed by atoms with Gasteiger partial charge in [-0.25, -0.2) is 4.79 Å². The summed E-state index contributed by atoms with van der Waals surface area (Å²) in [6, 6.07) is 0. The molecule has 0 N–H and O–H groups in total. The van der Waals surface area contributed by atoms with Crippen molar-refractivity contribution in [1.29, 1.82) is 0 Å². The number of rotatable bonds is 4. The van der Waals surface area contributed by atoms with Crippen LogP contribution in [-0.2, 0) is 9.47 Å². The van der Waals surface area contributed by atoms with Crippen molar-refractivity contribution in [2.24, 2.45) is 0 Å². The lowest BCUT2D eigenvalue weighted by atomic mass is 10.2. The lowest BCUT2D eigenvalue weighted by molar-refractivity contribution is -0.162. The standard InChI is InChI=1S/C10H16F3NO3/c1-2-14(6-8-4-3-5-16-8)9(15)17-7-10(11,12)13/h8H,2-7H2,1H3. The molecule has 0 saturated carbocycles. The zero-order valence-electron chi connectivity index (χ0n) is 9.63. The molecule has 0 radical (unpaired) electrons. The minimum atomic E-state index is -4.49. The molecule has 0 aromatic carbocycles. The summed E-state index contributed by atoms with van der Waals surface area (Å²) in [5, 5.41) is 0. The molecule has 1 heterocycles. The first-order valence-electron chi connectivity index (χ1n) is 5.52. The van der Waals surface area contributed by atoms with Crippen LogP contribution < -0.4 is 0 Å². The van der Waals surface area contributed by atoms with Crippen LogP contribution in [0.15, 0.2) is 0 Å². The maximum atomic E-state index is 11.9. The lowest BCUT2D eigenvalue weighted by Crippen LogP contribution is -2.38. The number of carbonyl (C=O) groups is 1. The van der Waals surface area contributed by atoms with Crippen molar-refractivity contribution < 1.29 is 27.4 Å². The lowest BCUT2D eigenvalue weighted by Gasteiger charge is -2.23. The zero-order chi connectivity index (χ0) is 12.9. The molecule has 1 fully saturated rings. The highest BCUT2D eigenvalue weighted by Crippen LogP contribution is 2.16. The van der Waals surface area contributed by atoms with E-state index >= 15 is 0 Å². The van der Waals surface area contributed by atoms with Gasteiger partial charge >= 0.3 is 12.3 Å². The Balaban J connectivity index is 2.35. The third-order valence-corrected chi connectivity index (χ3v) is 2.45. The number of ether oxygens (including phenoxy) is 2.